The standard InChI is InChI=1S/C6H12O2.C2H6O2/c1-5(2)4-8-6(3)7;3-1-2-4/h5H,4H2,1-3H3;3-4H,1-2H2. The smallest absolute Gasteiger partial charge is 0.302 e. The zero-order chi connectivity index (χ0) is 9.98. The molecule has 0 radical (unpaired) electrons. The van der Waals surface area contributed by atoms with Crippen LogP contribution in [0.5, 0.6) is 0 Å². The third-order valence-corrected chi connectivity index (χ3v) is 0.720. The molecule has 0 aromatic heterocycles. The number of carbonyl (C=O) groups is 1. The van der Waals surface area contributed by atoms with E-state index in [1.807, 2.05) is 13.8 Å². The van der Waals surface area contributed by atoms with E-state index in [9.17, 15) is 4.79 Å². The predicted octanol–water partition coefficient (Wildman–Crippen LogP) is 0.176. The summed E-state index contributed by atoms with van der Waals surface area (Å²) in [6.45, 7) is 5.71. The Morgan fingerprint density at radius 3 is 1.83 bits per heavy atom. The van der Waals surface area contributed by atoms with Gasteiger partial charge in [-0.2, -0.15) is 0 Å². The van der Waals surface area contributed by atoms with Gasteiger partial charge in [-0.3, -0.25) is 4.79 Å². The van der Waals surface area contributed by atoms with Crippen molar-refractivity contribution >= 4 is 5.97 Å². The van der Waals surface area contributed by atoms with Crippen LogP contribution in [0.15, 0.2) is 0 Å². The van der Waals surface area contributed by atoms with Crippen LogP contribution in [0.25, 0.3) is 0 Å². The lowest BCUT2D eigenvalue weighted by Gasteiger charge is -2.02. The van der Waals surface area contributed by atoms with Gasteiger partial charge in [-0.1, -0.05) is 13.8 Å². The van der Waals surface area contributed by atoms with Gasteiger partial charge in [0.1, 0.15) is 0 Å². The molecule has 0 aliphatic rings. The van der Waals surface area contributed by atoms with Crippen LogP contribution < -0.4 is 0 Å². The van der Waals surface area contributed by atoms with Crippen molar-refractivity contribution in [3.63, 3.8) is 0 Å². The van der Waals surface area contributed by atoms with E-state index in [1.54, 1.807) is 0 Å². The number of ether oxygens (including phenoxy) is 1. The van der Waals surface area contributed by atoms with E-state index in [0.29, 0.717) is 12.5 Å². The zero-order valence-electron chi connectivity index (χ0n) is 7.91. The molecule has 0 spiro atoms. The summed E-state index contributed by atoms with van der Waals surface area (Å²) in [6.07, 6.45) is 0. The van der Waals surface area contributed by atoms with Crippen LogP contribution in [0.4, 0.5) is 0 Å². The van der Waals surface area contributed by atoms with Crippen LogP contribution in [0, 0.1) is 5.92 Å². The molecular weight excluding hydrogens is 160 g/mol. The van der Waals surface area contributed by atoms with Crippen molar-refractivity contribution in [2.75, 3.05) is 19.8 Å². The van der Waals surface area contributed by atoms with Gasteiger partial charge in [0.2, 0.25) is 0 Å². The first kappa shape index (κ1) is 13.9. The summed E-state index contributed by atoms with van der Waals surface area (Å²) in [5.41, 5.74) is 0. The Bertz CT molecular complexity index is 99.2. The van der Waals surface area contributed by atoms with E-state index < -0.39 is 0 Å². The fourth-order valence-corrected chi connectivity index (χ4v) is 0.284. The first-order chi connectivity index (χ1) is 5.54. The molecule has 0 bridgehead atoms. The van der Waals surface area contributed by atoms with Gasteiger partial charge in [0, 0.05) is 6.92 Å². The van der Waals surface area contributed by atoms with Crippen molar-refractivity contribution in [3.05, 3.63) is 0 Å². The molecule has 74 valence electrons. The number of esters is 1. The minimum absolute atomic E-state index is 0.125. The van der Waals surface area contributed by atoms with Gasteiger partial charge in [-0.15, -0.1) is 0 Å². The number of rotatable bonds is 3. The highest BCUT2D eigenvalue weighted by atomic mass is 16.5. The van der Waals surface area contributed by atoms with Crippen molar-refractivity contribution in [1.82, 2.24) is 0 Å². The van der Waals surface area contributed by atoms with Crippen LogP contribution in [0.3, 0.4) is 0 Å². The van der Waals surface area contributed by atoms with Crippen molar-refractivity contribution in [2.45, 2.75) is 20.8 Å². The lowest BCUT2D eigenvalue weighted by atomic mass is 10.2. The minimum Gasteiger partial charge on any atom is -0.466 e. The van der Waals surface area contributed by atoms with Crippen molar-refractivity contribution in [1.29, 1.82) is 0 Å². The predicted molar refractivity (Wildman–Crippen MR) is 45.6 cm³/mol. The van der Waals surface area contributed by atoms with Crippen LogP contribution in [0.2, 0.25) is 0 Å². The van der Waals surface area contributed by atoms with Crippen molar-refractivity contribution in [3.8, 4) is 0 Å². The molecule has 0 heterocycles. The van der Waals surface area contributed by atoms with Crippen LogP contribution in [-0.2, 0) is 9.53 Å². The maximum atomic E-state index is 10.1. The molecule has 2 N–H and O–H groups in total. The van der Waals surface area contributed by atoms with Crippen molar-refractivity contribution in [2.24, 2.45) is 5.92 Å². The highest BCUT2D eigenvalue weighted by Crippen LogP contribution is 1.91. The van der Waals surface area contributed by atoms with Gasteiger partial charge in [0.05, 0.1) is 19.8 Å². The van der Waals surface area contributed by atoms with Gasteiger partial charge < -0.3 is 14.9 Å². The Hall–Kier alpha value is -0.610. The summed E-state index contributed by atoms with van der Waals surface area (Å²) in [4.78, 5) is 10.1. The summed E-state index contributed by atoms with van der Waals surface area (Å²) < 4.78 is 4.66. The molecule has 0 aromatic carbocycles. The maximum absolute atomic E-state index is 10.1. The second-order valence-corrected chi connectivity index (χ2v) is 2.64. The molecule has 0 aliphatic heterocycles. The van der Waals surface area contributed by atoms with Gasteiger partial charge in [0.15, 0.2) is 0 Å². The molecular formula is C8H18O4. The van der Waals surface area contributed by atoms with Crippen LogP contribution >= 0.6 is 0 Å². The highest BCUT2D eigenvalue weighted by molar-refractivity contribution is 5.65. The monoisotopic (exact) mass is 178 g/mol. The quantitative estimate of drug-likeness (QED) is 0.605. The Kier molecular flexibility index (Phi) is 12.1. The molecule has 0 saturated carbocycles. The van der Waals surface area contributed by atoms with E-state index >= 15 is 0 Å². The summed E-state index contributed by atoms with van der Waals surface area (Å²) in [7, 11) is 0. The van der Waals surface area contributed by atoms with E-state index in [1.165, 1.54) is 6.92 Å². The molecule has 0 rings (SSSR count). The average molecular weight is 178 g/mol. The Balaban J connectivity index is 0. The van der Waals surface area contributed by atoms with Crippen LogP contribution in [0.1, 0.15) is 20.8 Å². The van der Waals surface area contributed by atoms with Crippen LogP contribution in [-0.4, -0.2) is 36.0 Å². The molecule has 0 saturated heterocycles. The fraction of sp³-hybridized carbons (Fsp3) is 0.875. The maximum Gasteiger partial charge on any atom is 0.302 e. The molecule has 0 unspecified atom stereocenters. The number of aliphatic hydroxyl groups is 2. The third-order valence-electron chi connectivity index (χ3n) is 0.720. The Labute approximate surface area is 73.2 Å². The number of aliphatic hydroxyl groups excluding tert-OH is 2. The molecule has 0 amide bonds. The SMILES string of the molecule is CC(=O)OCC(C)C.OCCO. The summed E-state index contributed by atoms with van der Waals surface area (Å²) in [5, 5.41) is 15.2. The van der Waals surface area contributed by atoms with E-state index in [-0.39, 0.29) is 19.2 Å². The van der Waals surface area contributed by atoms with Gasteiger partial charge in [-0.25, -0.2) is 0 Å². The molecule has 0 atom stereocenters. The summed E-state index contributed by atoms with van der Waals surface area (Å²) in [5.74, 6) is 0.248. The molecule has 4 nitrogen and oxygen atoms in total. The fourth-order valence-electron chi connectivity index (χ4n) is 0.284. The minimum atomic E-state index is -0.196. The van der Waals surface area contributed by atoms with Crippen molar-refractivity contribution < 1.29 is 19.7 Å². The number of hydrogen-bond acceptors (Lipinski definition) is 4. The topological polar surface area (TPSA) is 66.8 Å². The normalized spacial score (nSPS) is 8.83. The first-order valence-electron chi connectivity index (χ1n) is 3.89. The van der Waals surface area contributed by atoms with E-state index in [2.05, 4.69) is 4.74 Å². The third kappa shape index (κ3) is 22.8. The molecule has 0 aliphatic carbocycles. The summed E-state index contributed by atoms with van der Waals surface area (Å²) >= 11 is 0. The van der Waals surface area contributed by atoms with E-state index in [4.69, 9.17) is 10.2 Å². The lowest BCUT2D eigenvalue weighted by Crippen LogP contribution is -2.05. The largest absolute Gasteiger partial charge is 0.466 e. The molecule has 12 heavy (non-hydrogen) atoms. The highest BCUT2D eigenvalue weighted by Gasteiger charge is 1.94. The Morgan fingerprint density at radius 1 is 1.33 bits per heavy atom. The second kappa shape index (κ2) is 10.4. The van der Waals surface area contributed by atoms with Gasteiger partial charge >= 0.3 is 5.97 Å². The second-order valence-electron chi connectivity index (χ2n) is 2.64. The first-order valence-corrected chi connectivity index (χ1v) is 3.89. The molecule has 4 heteroatoms. The number of hydrogen-bond donors (Lipinski definition) is 2. The van der Waals surface area contributed by atoms with Gasteiger partial charge in [-0.05, 0) is 5.92 Å². The lowest BCUT2D eigenvalue weighted by molar-refractivity contribution is -0.141. The Morgan fingerprint density at radius 2 is 1.75 bits per heavy atom. The molecule has 0 aromatic rings. The number of carbonyl (C=O) groups excluding carboxylic acids is 1. The summed E-state index contributed by atoms with van der Waals surface area (Å²) in [6, 6.07) is 0. The molecule has 0 fully saturated rings. The van der Waals surface area contributed by atoms with Gasteiger partial charge in [0.25, 0.3) is 0 Å². The van der Waals surface area contributed by atoms with E-state index in [0.717, 1.165) is 0 Å². The zero-order valence-corrected chi connectivity index (χ0v) is 7.91. The average Bonchev–Trinajstić information content (AvgIpc) is 2.01.